The van der Waals surface area contributed by atoms with Gasteiger partial charge in [-0.2, -0.15) is 0 Å². The van der Waals surface area contributed by atoms with E-state index in [1.807, 2.05) is 7.11 Å². The Morgan fingerprint density at radius 3 is 2.79 bits per heavy atom. The molecule has 0 aromatic heterocycles. The van der Waals surface area contributed by atoms with Gasteiger partial charge in [0.1, 0.15) is 0 Å². The predicted octanol–water partition coefficient (Wildman–Crippen LogP) is 2.58. The summed E-state index contributed by atoms with van der Waals surface area (Å²) in [7, 11) is 1.81. The number of hydrogen-bond acceptors (Lipinski definition) is 2. The number of rotatable bonds is 6. The first kappa shape index (κ1) is 12.0. The van der Waals surface area contributed by atoms with Gasteiger partial charge < -0.3 is 10.1 Å². The topological polar surface area (TPSA) is 21.3 Å². The molecular weight excluding hydrogens is 174 g/mol. The molecule has 0 spiro atoms. The summed E-state index contributed by atoms with van der Waals surface area (Å²) in [6, 6.07) is 0. The molecule has 0 radical (unpaired) electrons. The van der Waals surface area contributed by atoms with Gasteiger partial charge in [0.2, 0.25) is 0 Å². The van der Waals surface area contributed by atoms with Gasteiger partial charge >= 0.3 is 0 Å². The highest BCUT2D eigenvalue weighted by Gasteiger charge is 2.38. The fraction of sp³-hybridized carbons (Fsp3) is 1.00. The van der Waals surface area contributed by atoms with Crippen LogP contribution in [0.25, 0.3) is 0 Å². The Labute approximate surface area is 88.4 Å². The van der Waals surface area contributed by atoms with E-state index in [2.05, 4.69) is 19.2 Å². The van der Waals surface area contributed by atoms with Gasteiger partial charge in [-0.15, -0.1) is 0 Å². The molecule has 1 aliphatic heterocycles. The molecule has 0 amide bonds. The third kappa shape index (κ3) is 2.71. The van der Waals surface area contributed by atoms with E-state index >= 15 is 0 Å². The lowest BCUT2D eigenvalue weighted by atomic mass is 9.81. The van der Waals surface area contributed by atoms with Crippen molar-refractivity contribution < 1.29 is 4.74 Å². The molecule has 0 aliphatic carbocycles. The smallest absolute Gasteiger partial charge is 0.0647 e. The Hall–Kier alpha value is -0.0800. The van der Waals surface area contributed by atoms with Crippen LogP contribution in [0.2, 0.25) is 0 Å². The van der Waals surface area contributed by atoms with Gasteiger partial charge in [0.05, 0.1) is 6.61 Å². The largest absolute Gasteiger partial charge is 0.383 e. The van der Waals surface area contributed by atoms with Crippen LogP contribution in [0.3, 0.4) is 0 Å². The van der Waals surface area contributed by atoms with Gasteiger partial charge in [-0.05, 0) is 31.7 Å². The lowest BCUT2D eigenvalue weighted by molar-refractivity contribution is 0.0820. The maximum atomic E-state index is 5.37. The Balaban J connectivity index is 2.48. The van der Waals surface area contributed by atoms with Crippen molar-refractivity contribution in [3.8, 4) is 0 Å². The third-order valence-electron chi connectivity index (χ3n) is 3.61. The first-order valence-electron chi connectivity index (χ1n) is 5.99. The molecule has 1 saturated heterocycles. The van der Waals surface area contributed by atoms with Crippen LogP contribution in [-0.2, 0) is 4.74 Å². The highest BCUT2D eigenvalue weighted by Crippen LogP contribution is 2.31. The number of methoxy groups -OCH3 is 1. The zero-order chi connectivity index (χ0) is 10.4. The molecular formula is C12H25NO. The van der Waals surface area contributed by atoms with Crippen LogP contribution in [-0.4, -0.2) is 25.8 Å². The van der Waals surface area contributed by atoms with E-state index in [1.54, 1.807) is 0 Å². The van der Waals surface area contributed by atoms with E-state index in [0.29, 0.717) is 0 Å². The van der Waals surface area contributed by atoms with Crippen LogP contribution in [0, 0.1) is 5.92 Å². The van der Waals surface area contributed by atoms with Crippen LogP contribution < -0.4 is 5.32 Å². The molecule has 0 aromatic rings. The summed E-state index contributed by atoms with van der Waals surface area (Å²) in [5.74, 6) is 0.741. The lowest BCUT2D eigenvalue weighted by Gasteiger charge is -2.35. The maximum absolute atomic E-state index is 5.37. The molecule has 0 bridgehead atoms. The summed E-state index contributed by atoms with van der Waals surface area (Å²) >= 11 is 0. The minimum absolute atomic E-state index is 0.282. The minimum Gasteiger partial charge on any atom is -0.383 e. The van der Waals surface area contributed by atoms with Crippen molar-refractivity contribution in [3.05, 3.63) is 0 Å². The SMILES string of the molecule is CCCCC(C)C1(COC)CCCN1. The van der Waals surface area contributed by atoms with Crippen molar-refractivity contribution in [2.75, 3.05) is 20.3 Å². The number of nitrogens with one attached hydrogen (secondary N) is 1. The van der Waals surface area contributed by atoms with Gasteiger partial charge in [0, 0.05) is 12.6 Å². The Kier molecular flexibility index (Phi) is 4.90. The van der Waals surface area contributed by atoms with Crippen molar-refractivity contribution in [1.82, 2.24) is 5.32 Å². The van der Waals surface area contributed by atoms with E-state index in [1.165, 1.54) is 38.6 Å². The summed E-state index contributed by atoms with van der Waals surface area (Å²) in [6.07, 6.45) is 6.56. The van der Waals surface area contributed by atoms with E-state index in [-0.39, 0.29) is 5.54 Å². The molecule has 1 N–H and O–H groups in total. The molecule has 0 aromatic carbocycles. The number of unbranched alkanes of at least 4 members (excludes halogenated alkanes) is 1. The average molecular weight is 199 g/mol. The number of ether oxygens (including phenoxy) is 1. The molecule has 1 fully saturated rings. The second-order valence-electron chi connectivity index (χ2n) is 4.66. The summed E-state index contributed by atoms with van der Waals surface area (Å²) in [4.78, 5) is 0. The first-order valence-corrected chi connectivity index (χ1v) is 5.99. The summed E-state index contributed by atoms with van der Waals surface area (Å²) < 4.78 is 5.37. The summed E-state index contributed by atoms with van der Waals surface area (Å²) in [5.41, 5.74) is 0.282. The molecule has 2 nitrogen and oxygen atoms in total. The Bertz CT molecular complexity index is 152. The second-order valence-corrected chi connectivity index (χ2v) is 4.66. The normalized spacial score (nSPS) is 29.4. The summed E-state index contributed by atoms with van der Waals surface area (Å²) in [6.45, 7) is 6.67. The van der Waals surface area contributed by atoms with Gasteiger partial charge in [-0.3, -0.25) is 0 Å². The van der Waals surface area contributed by atoms with Crippen molar-refractivity contribution in [3.63, 3.8) is 0 Å². The van der Waals surface area contributed by atoms with Crippen LogP contribution in [0.15, 0.2) is 0 Å². The van der Waals surface area contributed by atoms with E-state index < -0.39 is 0 Å². The molecule has 1 aliphatic rings. The highest BCUT2D eigenvalue weighted by atomic mass is 16.5. The molecule has 2 unspecified atom stereocenters. The van der Waals surface area contributed by atoms with Crippen molar-refractivity contribution >= 4 is 0 Å². The molecule has 0 saturated carbocycles. The minimum atomic E-state index is 0.282. The fourth-order valence-electron chi connectivity index (χ4n) is 2.56. The van der Waals surface area contributed by atoms with Gasteiger partial charge in [0.15, 0.2) is 0 Å². The zero-order valence-electron chi connectivity index (χ0n) is 9.94. The first-order chi connectivity index (χ1) is 6.75. The predicted molar refractivity (Wildman–Crippen MR) is 60.5 cm³/mol. The Morgan fingerprint density at radius 1 is 1.50 bits per heavy atom. The van der Waals surface area contributed by atoms with Gasteiger partial charge in [0.25, 0.3) is 0 Å². The average Bonchev–Trinajstić information content (AvgIpc) is 2.64. The van der Waals surface area contributed by atoms with E-state index in [0.717, 1.165) is 12.5 Å². The van der Waals surface area contributed by atoms with Crippen molar-refractivity contribution in [1.29, 1.82) is 0 Å². The fourth-order valence-corrected chi connectivity index (χ4v) is 2.56. The molecule has 1 rings (SSSR count). The Morgan fingerprint density at radius 2 is 2.29 bits per heavy atom. The van der Waals surface area contributed by atoms with Crippen LogP contribution >= 0.6 is 0 Å². The second kappa shape index (κ2) is 5.72. The van der Waals surface area contributed by atoms with Crippen LogP contribution in [0.1, 0.15) is 46.0 Å². The number of hydrogen-bond donors (Lipinski definition) is 1. The van der Waals surface area contributed by atoms with Crippen LogP contribution in [0.4, 0.5) is 0 Å². The molecule has 84 valence electrons. The molecule has 2 atom stereocenters. The zero-order valence-corrected chi connectivity index (χ0v) is 9.94. The van der Waals surface area contributed by atoms with Crippen molar-refractivity contribution in [2.45, 2.75) is 51.5 Å². The lowest BCUT2D eigenvalue weighted by Crippen LogP contribution is -2.49. The molecule has 1 heterocycles. The summed E-state index contributed by atoms with van der Waals surface area (Å²) in [5, 5.41) is 3.65. The third-order valence-corrected chi connectivity index (χ3v) is 3.61. The van der Waals surface area contributed by atoms with E-state index in [4.69, 9.17) is 4.74 Å². The van der Waals surface area contributed by atoms with Gasteiger partial charge in [-0.25, -0.2) is 0 Å². The van der Waals surface area contributed by atoms with E-state index in [9.17, 15) is 0 Å². The monoisotopic (exact) mass is 199 g/mol. The highest BCUT2D eigenvalue weighted by molar-refractivity contribution is 4.96. The van der Waals surface area contributed by atoms with Crippen LogP contribution in [0.5, 0.6) is 0 Å². The maximum Gasteiger partial charge on any atom is 0.0647 e. The van der Waals surface area contributed by atoms with Crippen molar-refractivity contribution in [2.24, 2.45) is 5.92 Å². The quantitative estimate of drug-likeness (QED) is 0.710. The standard InChI is InChI=1S/C12H25NO/c1-4-5-7-11(2)12(10-14-3)8-6-9-13-12/h11,13H,4-10H2,1-3H3. The van der Waals surface area contributed by atoms with Gasteiger partial charge in [-0.1, -0.05) is 26.7 Å². The molecule has 14 heavy (non-hydrogen) atoms. The molecule has 2 heteroatoms.